The Bertz CT molecular complexity index is 2010. The van der Waals surface area contributed by atoms with Gasteiger partial charge in [-0.15, -0.1) is 0 Å². The number of benzene rings is 2. The van der Waals surface area contributed by atoms with Crippen LogP contribution in [-0.4, -0.2) is 68.2 Å². The van der Waals surface area contributed by atoms with Crippen LogP contribution in [0.3, 0.4) is 0 Å². The number of pyridine rings is 2. The highest BCUT2D eigenvalue weighted by Crippen LogP contribution is 2.34. The Kier molecular flexibility index (Phi) is 7.68. The molecule has 0 radical (unpaired) electrons. The van der Waals surface area contributed by atoms with E-state index in [1.807, 2.05) is 61.5 Å². The molecule has 0 saturated heterocycles. The van der Waals surface area contributed by atoms with E-state index >= 15 is 0 Å². The van der Waals surface area contributed by atoms with E-state index in [4.69, 9.17) is 14.7 Å². The van der Waals surface area contributed by atoms with Gasteiger partial charge in [0, 0.05) is 35.9 Å². The van der Waals surface area contributed by atoms with Crippen molar-refractivity contribution in [2.24, 2.45) is 5.92 Å². The summed E-state index contributed by atoms with van der Waals surface area (Å²) in [6, 6.07) is 16.1. The van der Waals surface area contributed by atoms with Crippen molar-refractivity contribution in [2.45, 2.75) is 25.7 Å². The molecule has 0 atom stereocenters. The summed E-state index contributed by atoms with van der Waals surface area (Å²) >= 11 is 0. The number of amides is 1. The maximum atomic E-state index is 14.7. The number of hydrogen-bond donors (Lipinski definition) is 3. The minimum absolute atomic E-state index is 0.0440. The Balaban J connectivity index is 1.20. The van der Waals surface area contributed by atoms with Crippen LogP contribution >= 0.6 is 0 Å². The van der Waals surface area contributed by atoms with Gasteiger partial charge in [0.1, 0.15) is 23.7 Å². The van der Waals surface area contributed by atoms with Gasteiger partial charge in [0.05, 0.1) is 34.1 Å². The minimum Gasteiger partial charge on any atom is -0.492 e. The SMILES string of the molecule is CN(C)CCOc1cc(F)cc(-c2cccc3[nH]c(-c4n[nH]c5ccc(-c6cncc(NC(=O)C7CCCC7)c6)nc45)nc23)c1. The molecule has 7 rings (SSSR count). The van der Waals surface area contributed by atoms with Crippen LogP contribution in [0, 0.1) is 11.7 Å². The van der Waals surface area contributed by atoms with Crippen LogP contribution in [0.25, 0.3) is 56.0 Å². The van der Waals surface area contributed by atoms with E-state index in [2.05, 4.69) is 25.5 Å². The molecule has 6 aromatic rings. The number of nitrogens with one attached hydrogen (secondary N) is 3. The first-order chi connectivity index (χ1) is 21.9. The largest absolute Gasteiger partial charge is 0.492 e. The lowest BCUT2D eigenvalue weighted by atomic mass is 10.0. The van der Waals surface area contributed by atoms with Crippen molar-refractivity contribution in [1.82, 2.24) is 35.0 Å². The second-order valence-electron chi connectivity index (χ2n) is 11.7. The van der Waals surface area contributed by atoms with Gasteiger partial charge in [-0.2, -0.15) is 5.10 Å². The van der Waals surface area contributed by atoms with E-state index in [1.165, 1.54) is 12.1 Å². The van der Waals surface area contributed by atoms with E-state index in [1.54, 1.807) is 12.4 Å². The summed E-state index contributed by atoms with van der Waals surface area (Å²) in [5.74, 6) is 0.717. The minimum atomic E-state index is -0.383. The van der Waals surface area contributed by atoms with Gasteiger partial charge in [-0.3, -0.25) is 14.9 Å². The molecule has 0 spiro atoms. The lowest BCUT2D eigenvalue weighted by Crippen LogP contribution is -2.20. The first-order valence-corrected chi connectivity index (χ1v) is 15.1. The standard InChI is InChI=1S/C34H33FN8O2/c1-43(2)12-13-45-25-16-21(14-23(35)17-25)26-8-5-9-28-30(26)40-33(39-28)32-31-29(41-42-32)11-10-27(38-31)22-15-24(19-36-18-22)37-34(44)20-6-3-4-7-20/h5,8-11,14-20H,3-4,6-7,12-13H2,1-2H3,(H,37,44)(H,39,40)(H,41,42). The van der Waals surface area contributed by atoms with Crippen LogP contribution in [0.1, 0.15) is 25.7 Å². The molecule has 0 aliphatic heterocycles. The second-order valence-corrected chi connectivity index (χ2v) is 11.7. The zero-order valence-corrected chi connectivity index (χ0v) is 25.1. The summed E-state index contributed by atoms with van der Waals surface area (Å²) in [7, 11) is 3.92. The van der Waals surface area contributed by atoms with Crippen molar-refractivity contribution in [1.29, 1.82) is 0 Å². The Morgan fingerprint density at radius 3 is 2.71 bits per heavy atom. The summed E-state index contributed by atoms with van der Waals surface area (Å²) in [6.07, 6.45) is 7.43. The topological polar surface area (TPSA) is 125 Å². The lowest BCUT2D eigenvalue weighted by Gasteiger charge is -2.12. The molecule has 1 aliphatic carbocycles. The van der Waals surface area contributed by atoms with E-state index in [0.717, 1.165) is 54.4 Å². The van der Waals surface area contributed by atoms with E-state index in [-0.39, 0.29) is 17.6 Å². The number of aromatic amines is 2. The number of halogens is 1. The van der Waals surface area contributed by atoms with Gasteiger partial charge in [-0.05, 0) is 68.9 Å². The van der Waals surface area contributed by atoms with Crippen LogP contribution < -0.4 is 10.1 Å². The van der Waals surface area contributed by atoms with Gasteiger partial charge >= 0.3 is 0 Å². The highest BCUT2D eigenvalue weighted by molar-refractivity contribution is 5.97. The van der Waals surface area contributed by atoms with Crippen molar-refractivity contribution < 1.29 is 13.9 Å². The van der Waals surface area contributed by atoms with E-state index < -0.39 is 0 Å². The maximum Gasteiger partial charge on any atom is 0.227 e. The van der Waals surface area contributed by atoms with Crippen molar-refractivity contribution in [2.75, 3.05) is 32.6 Å². The summed E-state index contributed by atoms with van der Waals surface area (Å²) in [5.41, 5.74) is 6.94. The third-order valence-corrected chi connectivity index (χ3v) is 8.16. The molecule has 0 unspecified atom stereocenters. The fourth-order valence-corrected chi connectivity index (χ4v) is 5.83. The van der Waals surface area contributed by atoms with Gasteiger partial charge in [0.25, 0.3) is 0 Å². The third kappa shape index (κ3) is 5.99. The molecule has 1 saturated carbocycles. The summed E-state index contributed by atoms with van der Waals surface area (Å²) < 4.78 is 20.5. The molecular weight excluding hydrogens is 571 g/mol. The predicted octanol–water partition coefficient (Wildman–Crippen LogP) is 6.44. The highest BCUT2D eigenvalue weighted by Gasteiger charge is 2.23. The number of para-hydroxylation sites is 1. The molecule has 4 heterocycles. The van der Waals surface area contributed by atoms with Crippen LogP contribution in [0.2, 0.25) is 0 Å². The maximum absolute atomic E-state index is 14.7. The number of hydrogen-bond acceptors (Lipinski definition) is 7. The molecule has 1 fully saturated rings. The molecule has 1 amide bonds. The zero-order chi connectivity index (χ0) is 30.9. The van der Waals surface area contributed by atoms with Crippen LogP contribution in [0.4, 0.5) is 10.1 Å². The number of fused-ring (bicyclic) bond motifs is 2. The van der Waals surface area contributed by atoms with Crippen molar-refractivity contribution >= 4 is 33.7 Å². The number of anilines is 1. The average Bonchev–Trinajstić information content (AvgIpc) is 3.80. The quantitative estimate of drug-likeness (QED) is 0.174. The lowest BCUT2D eigenvalue weighted by molar-refractivity contribution is -0.119. The summed E-state index contributed by atoms with van der Waals surface area (Å²) in [6.45, 7) is 1.17. The van der Waals surface area contributed by atoms with Gasteiger partial charge in [0.15, 0.2) is 11.5 Å². The van der Waals surface area contributed by atoms with Crippen molar-refractivity contribution in [3.05, 3.63) is 72.8 Å². The van der Waals surface area contributed by atoms with Crippen molar-refractivity contribution in [3.8, 4) is 39.7 Å². The molecule has 0 bridgehead atoms. The molecular formula is C34H33FN8O2. The highest BCUT2D eigenvalue weighted by atomic mass is 19.1. The Morgan fingerprint density at radius 2 is 1.87 bits per heavy atom. The normalized spacial score (nSPS) is 13.7. The number of ether oxygens (including phenoxy) is 1. The van der Waals surface area contributed by atoms with Gasteiger partial charge in [-0.25, -0.2) is 14.4 Å². The van der Waals surface area contributed by atoms with Crippen LogP contribution in [0.15, 0.2) is 67.0 Å². The number of nitrogens with zero attached hydrogens (tertiary/aromatic N) is 5. The molecule has 1 aliphatic rings. The van der Waals surface area contributed by atoms with Crippen LogP contribution in [-0.2, 0) is 4.79 Å². The number of likely N-dealkylation sites (N-methyl/N-ethyl adjacent to an activating group) is 1. The Labute approximate surface area is 259 Å². The Morgan fingerprint density at radius 1 is 1.00 bits per heavy atom. The predicted molar refractivity (Wildman–Crippen MR) is 172 cm³/mol. The molecule has 11 heteroatoms. The zero-order valence-electron chi connectivity index (χ0n) is 25.1. The first-order valence-electron chi connectivity index (χ1n) is 15.1. The molecule has 10 nitrogen and oxygen atoms in total. The number of imidazole rings is 1. The fraction of sp³-hybridized carbons (Fsp3) is 0.265. The van der Waals surface area contributed by atoms with E-state index in [0.29, 0.717) is 51.9 Å². The van der Waals surface area contributed by atoms with Crippen molar-refractivity contribution in [3.63, 3.8) is 0 Å². The summed E-state index contributed by atoms with van der Waals surface area (Å²) in [4.78, 5) is 32.2. The second kappa shape index (κ2) is 12.1. The number of rotatable bonds is 9. The summed E-state index contributed by atoms with van der Waals surface area (Å²) in [5, 5.41) is 10.6. The van der Waals surface area contributed by atoms with Gasteiger partial charge < -0.3 is 19.9 Å². The molecule has 228 valence electrons. The molecule has 2 aromatic carbocycles. The number of aromatic nitrogens is 6. The van der Waals surface area contributed by atoms with Crippen LogP contribution in [0.5, 0.6) is 5.75 Å². The fourth-order valence-electron chi connectivity index (χ4n) is 5.83. The Hall–Kier alpha value is -5.16. The van der Waals surface area contributed by atoms with E-state index in [9.17, 15) is 9.18 Å². The van der Waals surface area contributed by atoms with Gasteiger partial charge in [0.2, 0.25) is 5.91 Å². The molecule has 45 heavy (non-hydrogen) atoms. The average molecular weight is 605 g/mol. The molecule has 3 N–H and O–H groups in total. The number of carbonyl (C=O) groups is 1. The van der Waals surface area contributed by atoms with Gasteiger partial charge in [-0.1, -0.05) is 25.0 Å². The third-order valence-electron chi connectivity index (χ3n) is 8.16. The number of carbonyl (C=O) groups excluding carboxylic acids is 1. The first kappa shape index (κ1) is 28.6. The smallest absolute Gasteiger partial charge is 0.227 e. The number of H-pyrrole nitrogens is 2. The molecule has 4 aromatic heterocycles. The monoisotopic (exact) mass is 604 g/mol.